The summed E-state index contributed by atoms with van der Waals surface area (Å²) < 4.78 is 0. The predicted molar refractivity (Wildman–Crippen MR) is 83.0 cm³/mol. The van der Waals surface area contributed by atoms with Crippen molar-refractivity contribution in [2.24, 2.45) is 5.92 Å². The van der Waals surface area contributed by atoms with Crippen molar-refractivity contribution in [2.45, 2.75) is 19.3 Å². The van der Waals surface area contributed by atoms with E-state index in [-0.39, 0.29) is 5.92 Å². The molecule has 0 bridgehead atoms. The lowest BCUT2D eigenvalue weighted by Crippen LogP contribution is -2.15. The van der Waals surface area contributed by atoms with Gasteiger partial charge in [0, 0.05) is 5.92 Å². The van der Waals surface area contributed by atoms with Gasteiger partial charge in [0.1, 0.15) is 6.29 Å². The fraction of sp³-hybridized carbons (Fsp3) is 0.211. The quantitative estimate of drug-likeness (QED) is 0.471. The maximum absolute atomic E-state index is 11.0. The first kappa shape index (κ1) is 11.7. The molecule has 3 aromatic rings. The van der Waals surface area contributed by atoms with E-state index in [0.29, 0.717) is 0 Å². The molecule has 0 heterocycles. The van der Waals surface area contributed by atoms with Crippen LogP contribution in [0.2, 0.25) is 0 Å². The minimum absolute atomic E-state index is 0.209. The molecule has 20 heavy (non-hydrogen) atoms. The van der Waals surface area contributed by atoms with Gasteiger partial charge in [-0.15, -0.1) is 0 Å². The molecular weight excluding hydrogens is 244 g/mol. The molecule has 1 aliphatic rings. The average Bonchev–Trinajstić information content (AvgIpc) is 2.53. The topological polar surface area (TPSA) is 17.1 Å². The third kappa shape index (κ3) is 1.66. The number of fused-ring (bicyclic) bond motifs is 5. The molecule has 1 aliphatic carbocycles. The lowest BCUT2D eigenvalue weighted by molar-refractivity contribution is -0.111. The van der Waals surface area contributed by atoms with Gasteiger partial charge in [-0.05, 0) is 51.9 Å². The van der Waals surface area contributed by atoms with Crippen molar-refractivity contribution >= 4 is 27.8 Å². The first-order valence-electron chi connectivity index (χ1n) is 7.24. The summed E-state index contributed by atoms with van der Waals surface area (Å²) in [7, 11) is 0. The number of benzene rings is 3. The van der Waals surface area contributed by atoms with E-state index in [0.717, 1.165) is 25.5 Å². The molecule has 1 nitrogen and oxygen atoms in total. The highest BCUT2D eigenvalue weighted by atomic mass is 16.1. The summed E-state index contributed by atoms with van der Waals surface area (Å²) in [6, 6.07) is 17.5. The van der Waals surface area contributed by atoms with Crippen molar-refractivity contribution in [3.05, 3.63) is 59.7 Å². The smallest absolute Gasteiger partial charge is 0.123 e. The van der Waals surface area contributed by atoms with Gasteiger partial charge in [0.25, 0.3) is 0 Å². The van der Waals surface area contributed by atoms with Gasteiger partial charge in [0.2, 0.25) is 0 Å². The van der Waals surface area contributed by atoms with Crippen LogP contribution in [-0.4, -0.2) is 6.29 Å². The van der Waals surface area contributed by atoms with E-state index in [1.54, 1.807) is 0 Å². The van der Waals surface area contributed by atoms with Crippen molar-refractivity contribution in [1.29, 1.82) is 0 Å². The molecule has 4 rings (SSSR count). The molecule has 0 radical (unpaired) electrons. The molecule has 98 valence electrons. The first-order chi connectivity index (χ1) is 9.86. The Labute approximate surface area is 118 Å². The summed E-state index contributed by atoms with van der Waals surface area (Å²) in [5.74, 6) is 0.209. The highest BCUT2D eigenvalue weighted by Gasteiger charge is 2.20. The number of rotatable bonds is 1. The van der Waals surface area contributed by atoms with E-state index in [9.17, 15) is 4.79 Å². The first-order valence-corrected chi connectivity index (χ1v) is 7.24. The van der Waals surface area contributed by atoms with Crippen LogP contribution in [0.5, 0.6) is 0 Å². The van der Waals surface area contributed by atoms with Crippen molar-refractivity contribution in [3.8, 4) is 0 Å². The Morgan fingerprint density at radius 3 is 2.65 bits per heavy atom. The molecular formula is C19H16O. The highest BCUT2D eigenvalue weighted by Crippen LogP contribution is 2.34. The van der Waals surface area contributed by atoms with Gasteiger partial charge < -0.3 is 4.79 Å². The van der Waals surface area contributed by atoms with Gasteiger partial charge in [-0.3, -0.25) is 0 Å². The Balaban J connectivity index is 2.01. The van der Waals surface area contributed by atoms with Crippen molar-refractivity contribution in [1.82, 2.24) is 0 Å². The minimum atomic E-state index is 0.209. The summed E-state index contributed by atoms with van der Waals surface area (Å²) in [4.78, 5) is 11.0. The van der Waals surface area contributed by atoms with Crippen LogP contribution < -0.4 is 0 Å². The van der Waals surface area contributed by atoms with Crippen LogP contribution in [0.4, 0.5) is 0 Å². The number of carbonyl (C=O) groups excluding carboxylic acids is 1. The zero-order valence-corrected chi connectivity index (χ0v) is 11.3. The minimum Gasteiger partial charge on any atom is -0.303 e. The molecule has 1 heteroatoms. The van der Waals surface area contributed by atoms with E-state index in [2.05, 4.69) is 48.5 Å². The van der Waals surface area contributed by atoms with Crippen molar-refractivity contribution in [2.75, 3.05) is 0 Å². The molecule has 0 fully saturated rings. The molecule has 0 spiro atoms. The highest BCUT2D eigenvalue weighted by molar-refractivity contribution is 6.08. The summed E-state index contributed by atoms with van der Waals surface area (Å²) in [6.45, 7) is 0. The van der Waals surface area contributed by atoms with Crippen molar-refractivity contribution in [3.63, 3.8) is 0 Å². The Kier molecular flexibility index (Phi) is 2.59. The molecule has 0 aliphatic heterocycles. The molecule has 3 aromatic carbocycles. The van der Waals surface area contributed by atoms with E-state index >= 15 is 0 Å². The average molecular weight is 260 g/mol. The largest absolute Gasteiger partial charge is 0.303 e. The van der Waals surface area contributed by atoms with Crippen LogP contribution in [0.3, 0.4) is 0 Å². The van der Waals surface area contributed by atoms with Gasteiger partial charge in [-0.25, -0.2) is 0 Å². The number of aldehydes is 1. The maximum Gasteiger partial charge on any atom is 0.123 e. The number of hydrogen-bond donors (Lipinski definition) is 0. The lowest BCUT2D eigenvalue weighted by Gasteiger charge is -2.22. The van der Waals surface area contributed by atoms with Gasteiger partial charge in [0.15, 0.2) is 0 Å². The fourth-order valence-corrected chi connectivity index (χ4v) is 3.51. The van der Waals surface area contributed by atoms with Crippen LogP contribution in [0.15, 0.2) is 48.5 Å². The molecule has 0 N–H and O–H groups in total. The number of hydrogen-bond acceptors (Lipinski definition) is 1. The molecule has 0 saturated heterocycles. The van der Waals surface area contributed by atoms with Gasteiger partial charge in [0.05, 0.1) is 0 Å². The molecule has 0 saturated carbocycles. The summed E-state index contributed by atoms with van der Waals surface area (Å²) >= 11 is 0. The zero-order valence-electron chi connectivity index (χ0n) is 11.3. The van der Waals surface area contributed by atoms with E-state index in [1.165, 1.54) is 32.7 Å². The number of carbonyl (C=O) groups is 1. The Hall–Kier alpha value is -2.15. The van der Waals surface area contributed by atoms with Gasteiger partial charge >= 0.3 is 0 Å². The zero-order chi connectivity index (χ0) is 13.5. The van der Waals surface area contributed by atoms with Crippen LogP contribution in [0.1, 0.15) is 17.5 Å². The summed E-state index contributed by atoms with van der Waals surface area (Å²) in [5.41, 5.74) is 2.81. The van der Waals surface area contributed by atoms with E-state index < -0.39 is 0 Å². The third-order valence-corrected chi connectivity index (χ3v) is 4.57. The van der Waals surface area contributed by atoms with Crippen LogP contribution >= 0.6 is 0 Å². The second kappa shape index (κ2) is 4.45. The van der Waals surface area contributed by atoms with E-state index in [4.69, 9.17) is 0 Å². The monoisotopic (exact) mass is 260 g/mol. The van der Waals surface area contributed by atoms with Gasteiger partial charge in [-0.2, -0.15) is 0 Å². The van der Waals surface area contributed by atoms with Crippen LogP contribution in [0, 0.1) is 5.92 Å². The fourth-order valence-electron chi connectivity index (χ4n) is 3.51. The summed E-state index contributed by atoms with van der Waals surface area (Å²) in [6.07, 6.45) is 4.03. The van der Waals surface area contributed by atoms with Crippen molar-refractivity contribution < 1.29 is 4.79 Å². The SMILES string of the molecule is O=CC1CCc2c(ccc3c2ccc2ccccc23)C1. The van der Waals surface area contributed by atoms with Crippen LogP contribution in [0.25, 0.3) is 21.5 Å². The van der Waals surface area contributed by atoms with E-state index in [1.807, 2.05) is 0 Å². The Bertz CT molecular complexity index is 816. The summed E-state index contributed by atoms with van der Waals surface area (Å²) in [5, 5.41) is 5.32. The normalized spacial score (nSPS) is 18.1. The molecule has 0 aromatic heterocycles. The Morgan fingerprint density at radius 1 is 0.900 bits per heavy atom. The standard InChI is InChI=1S/C19H16O/c20-12-13-5-8-17-15(11-13)7-10-18-16-4-2-1-3-14(16)6-9-19(17)18/h1-4,6-7,9-10,12-13H,5,8,11H2. The number of aryl methyl sites for hydroxylation is 1. The lowest BCUT2D eigenvalue weighted by atomic mass is 9.81. The maximum atomic E-state index is 11.0. The Morgan fingerprint density at radius 2 is 1.75 bits per heavy atom. The third-order valence-electron chi connectivity index (χ3n) is 4.57. The molecule has 0 amide bonds. The van der Waals surface area contributed by atoms with Gasteiger partial charge in [-0.1, -0.05) is 48.5 Å². The molecule has 1 atom stereocenters. The molecule has 1 unspecified atom stereocenters. The van der Waals surface area contributed by atoms with Crippen LogP contribution in [-0.2, 0) is 17.6 Å². The second-order valence-corrected chi connectivity index (χ2v) is 5.72. The second-order valence-electron chi connectivity index (χ2n) is 5.72. The predicted octanol–water partition coefficient (Wildman–Crippen LogP) is 4.30.